The largest absolute Gasteiger partial charge is 0.458 e. The molecule has 2 heteroatoms. The first-order valence-corrected chi connectivity index (χ1v) is 6.22. The summed E-state index contributed by atoms with van der Waals surface area (Å²) in [6.45, 7) is 9.93. The molecule has 0 aliphatic rings. The van der Waals surface area contributed by atoms with Crippen molar-refractivity contribution in [2.45, 2.75) is 47.1 Å². The van der Waals surface area contributed by atoms with Gasteiger partial charge in [-0.1, -0.05) is 43.2 Å². The maximum atomic E-state index is 11.7. The van der Waals surface area contributed by atoms with E-state index in [4.69, 9.17) is 4.74 Å². The Kier molecular flexibility index (Phi) is 4.73. The Balaban J connectivity index is 2.76. The second kappa shape index (κ2) is 5.85. The van der Waals surface area contributed by atoms with Gasteiger partial charge in [-0.2, -0.15) is 0 Å². The summed E-state index contributed by atoms with van der Waals surface area (Å²) in [7, 11) is 0. The molecule has 0 spiro atoms. The predicted molar refractivity (Wildman–Crippen MR) is 69.9 cm³/mol. The second-order valence-electron chi connectivity index (χ2n) is 4.81. The molecule has 1 rings (SSSR count). The zero-order valence-electron chi connectivity index (χ0n) is 11.4. The van der Waals surface area contributed by atoms with E-state index in [1.54, 1.807) is 0 Å². The highest BCUT2D eigenvalue weighted by atomic mass is 16.5. The first kappa shape index (κ1) is 13.8. The lowest BCUT2D eigenvalue weighted by Gasteiger charge is -2.17. The molecule has 0 N–H and O–H groups in total. The van der Waals surface area contributed by atoms with Crippen LogP contribution in [0.3, 0.4) is 0 Å². The molecule has 94 valence electrons. The van der Waals surface area contributed by atoms with Crippen molar-refractivity contribution in [3.8, 4) is 0 Å². The van der Waals surface area contributed by atoms with Gasteiger partial charge in [0.2, 0.25) is 0 Å². The highest BCUT2D eigenvalue weighted by molar-refractivity contribution is 5.72. The van der Waals surface area contributed by atoms with Crippen LogP contribution in [0.2, 0.25) is 0 Å². The van der Waals surface area contributed by atoms with E-state index < -0.39 is 0 Å². The first-order valence-electron chi connectivity index (χ1n) is 6.22. The highest BCUT2D eigenvalue weighted by Gasteiger charge is 2.16. The summed E-state index contributed by atoms with van der Waals surface area (Å²) in [6.07, 6.45) is 0.647. The quantitative estimate of drug-likeness (QED) is 0.737. The monoisotopic (exact) mass is 234 g/mol. The lowest BCUT2D eigenvalue weighted by atomic mass is 10.0. The number of benzene rings is 1. The molecule has 0 aromatic heterocycles. The summed E-state index contributed by atoms with van der Waals surface area (Å²) in [6, 6.07) is 6.26. The van der Waals surface area contributed by atoms with Gasteiger partial charge >= 0.3 is 5.97 Å². The summed E-state index contributed by atoms with van der Waals surface area (Å²) in [4.78, 5) is 11.7. The molecule has 0 radical (unpaired) electrons. The van der Waals surface area contributed by atoms with E-state index in [0.717, 1.165) is 12.0 Å². The van der Waals surface area contributed by atoms with Gasteiger partial charge in [0.25, 0.3) is 0 Å². The van der Waals surface area contributed by atoms with E-state index in [9.17, 15) is 4.79 Å². The van der Waals surface area contributed by atoms with E-state index in [-0.39, 0.29) is 18.0 Å². The van der Waals surface area contributed by atoms with Crippen LogP contribution in [0.5, 0.6) is 0 Å². The van der Waals surface area contributed by atoms with Crippen LogP contribution in [0.25, 0.3) is 0 Å². The van der Waals surface area contributed by atoms with Gasteiger partial charge in [0.15, 0.2) is 0 Å². The highest BCUT2D eigenvalue weighted by Crippen LogP contribution is 2.21. The van der Waals surface area contributed by atoms with E-state index in [2.05, 4.69) is 32.0 Å². The van der Waals surface area contributed by atoms with Gasteiger partial charge < -0.3 is 4.74 Å². The van der Waals surface area contributed by atoms with Crippen LogP contribution in [0, 0.1) is 19.8 Å². The van der Waals surface area contributed by atoms with Crippen molar-refractivity contribution in [3.05, 3.63) is 34.9 Å². The van der Waals surface area contributed by atoms with Gasteiger partial charge in [-0.05, 0) is 32.8 Å². The molecule has 0 saturated carbocycles. The Morgan fingerprint density at radius 2 is 1.71 bits per heavy atom. The van der Waals surface area contributed by atoms with Gasteiger partial charge in [-0.3, -0.25) is 4.79 Å². The Labute approximate surface area is 104 Å². The average molecular weight is 234 g/mol. The number of carbonyl (C=O) groups excluding carboxylic acids is 1. The molecule has 1 aromatic carbocycles. The molecule has 0 fully saturated rings. The molecular formula is C15H22O2. The summed E-state index contributed by atoms with van der Waals surface area (Å²) < 4.78 is 5.46. The Hall–Kier alpha value is -1.31. The second-order valence-corrected chi connectivity index (χ2v) is 4.81. The van der Waals surface area contributed by atoms with Crippen LogP contribution < -0.4 is 0 Å². The third-order valence-electron chi connectivity index (χ3n) is 3.02. The zero-order valence-corrected chi connectivity index (χ0v) is 11.4. The van der Waals surface area contributed by atoms with E-state index in [0.29, 0.717) is 0 Å². The Morgan fingerprint density at radius 1 is 1.18 bits per heavy atom. The number of carbonyl (C=O) groups is 1. The lowest BCUT2D eigenvalue weighted by Crippen LogP contribution is -2.16. The van der Waals surface area contributed by atoms with Gasteiger partial charge in [-0.15, -0.1) is 0 Å². The Bertz CT molecular complexity index is 376. The standard InChI is InChI=1S/C15H22O2/c1-6-12(4)15(16)17-13(5)14-8-10(2)7-11(3)9-14/h7-9,12-13H,6H2,1-5H3. The molecule has 0 saturated heterocycles. The third-order valence-corrected chi connectivity index (χ3v) is 3.02. The van der Waals surface area contributed by atoms with Gasteiger partial charge in [0, 0.05) is 0 Å². The fourth-order valence-corrected chi connectivity index (χ4v) is 1.77. The van der Waals surface area contributed by atoms with Crippen molar-refractivity contribution in [2.24, 2.45) is 5.92 Å². The van der Waals surface area contributed by atoms with Crippen molar-refractivity contribution in [1.82, 2.24) is 0 Å². The van der Waals surface area contributed by atoms with Crippen LogP contribution in [-0.2, 0) is 9.53 Å². The molecule has 17 heavy (non-hydrogen) atoms. The average Bonchev–Trinajstić information content (AvgIpc) is 2.26. The fourth-order valence-electron chi connectivity index (χ4n) is 1.77. The predicted octanol–water partition coefficient (Wildman–Crippen LogP) is 3.95. The summed E-state index contributed by atoms with van der Waals surface area (Å²) in [5, 5.41) is 0. The maximum Gasteiger partial charge on any atom is 0.309 e. The maximum absolute atomic E-state index is 11.7. The van der Waals surface area contributed by atoms with Crippen LogP contribution in [0.15, 0.2) is 18.2 Å². The molecule has 1 aromatic rings. The molecule has 0 bridgehead atoms. The molecular weight excluding hydrogens is 212 g/mol. The van der Waals surface area contributed by atoms with E-state index in [1.807, 2.05) is 20.8 Å². The van der Waals surface area contributed by atoms with E-state index in [1.165, 1.54) is 11.1 Å². The van der Waals surface area contributed by atoms with Crippen molar-refractivity contribution in [3.63, 3.8) is 0 Å². The zero-order chi connectivity index (χ0) is 13.0. The lowest BCUT2D eigenvalue weighted by molar-refractivity contribution is -0.153. The van der Waals surface area contributed by atoms with Crippen molar-refractivity contribution in [1.29, 1.82) is 0 Å². The minimum absolute atomic E-state index is 0.0247. The minimum atomic E-state index is -0.171. The normalized spacial score (nSPS) is 14.2. The summed E-state index contributed by atoms with van der Waals surface area (Å²) >= 11 is 0. The van der Waals surface area contributed by atoms with Crippen LogP contribution in [-0.4, -0.2) is 5.97 Å². The number of aryl methyl sites for hydroxylation is 2. The number of hydrogen-bond donors (Lipinski definition) is 0. The SMILES string of the molecule is CCC(C)C(=O)OC(C)c1cc(C)cc(C)c1. The summed E-state index contributed by atoms with van der Waals surface area (Å²) in [5.41, 5.74) is 3.47. The number of ether oxygens (including phenoxy) is 1. The first-order chi connectivity index (χ1) is 7.93. The Morgan fingerprint density at radius 3 is 2.18 bits per heavy atom. The number of hydrogen-bond acceptors (Lipinski definition) is 2. The van der Waals surface area contributed by atoms with Crippen LogP contribution >= 0.6 is 0 Å². The molecule has 2 atom stereocenters. The smallest absolute Gasteiger partial charge is 0.309 e. The van der Waals surface area contributed by atoms with E-state index >= 15 is 0 Å². The molecule has 2 nitrogen and oxygen atoms in total. The van der Waals surface area contributed by atoms with Crippen molar-refractivity contribution in [2.75, 3.05) is 0 Å². The number of esters is 1. The molecule has 0 aliphatic heterocycles. The van der Waals surface area contributed by atoms with Crippen LogP contribution in [0.4, 0.5) is 0 Å². The molecule has 0 amide bonds. The third kappa shape index (κ3) is 3.88. The molecule has 0 aliphatic carbocycles. The van der Waals surface area contributed by atoms with Crippen molar-refractivity contribution >= 4 is 5.97 Å². The van der Waals surface area contributed by atoms with Gasteiger partial charge in [-0.25, -0.2) is 0 Å². The summed E-state index contributed by atoms with van der Waals surface area (Å²) in [5.74, 6) is -0.137. The molecule has 0 heterocycles. The molecule has 2 unspecified atom stereocenters. The van der Waals surface area contributed by atoms with Gasteiger partial charge in [0.05, 0.1) is 5.92 Å². The van der Waals surface area contributed by atoms with Crippen molar-refractivity contribution < 1.29 is 9.53 Å². The topological polar surface area (TPSA) is 26.3 Å². The number of rotatable bonds is 4. The van der Waals surface area contributed by atoms with Crippen LogP contribution in [0.1, 0.15) is 50.0 Å². The minimum Gasteiger partial charge on any atom is -0.458 e. The van der Waals surface area contributed by atoms with Gasteiger partial charge in [0.1, 0.15) is 6.10 Å². The fraction of sp³-hybridized carbons (Fsp3) is 0.533.